The van der Waals surface area contributed by atoms with Gasteiger partial charge in [0.2, 0.25) is 0 Å². The van der Waals surface area contributed by atoms with Gasteiger partial charge < -0.3 is 9.47 Å². The number of hydrogen-bond acceptors (Lipinski definition) is 4. The van der Waals surface area contributed by atoms with Crippen molar-refractivity contribution in [3.05, 3.63) is 35.9 Å². The Hall–Kier alpha value is -2.50. The van der Waals surface area contributed by atoms with E-state index in [1.54, 1.807) is 0 Å². The van der Waals surface area contributed by atoms with Crippen LogP contribution < -0.4 is 0 Å². The van der Waals surface area contributed by atoms with Crippen LogP contribution in [0.25, 0.3) is 0 Å². The van der Waals surface area contributed by atoms with Crippen molar-refractivity contribution in [1.29, 1.82) is 0 Å². The van der Waals surface area contributed by atoms with Gasteiger partial charge in [-0.25, -0.2) is 0 Å². The second kappa shape index (κ2) is 9.10. The van der Waals surface area contributed by atoms with Crippen LogP contribution in [0.1, 0.15) is 18.4 Å². The lowest BCUT2D eigenvalue weighted by atomic mass is 9.81. The predicted octanol–water partition coefficient (Wildman–Crippen LogP) is 3.03. The van der Waals surface area contributed by atoms with Crippen LogP contribution in [0.15, 0.2) is 30.3 Å². The number of benzene rings is 1. The van der Waals surface area contributed by atoms with Gasteiger partial charge in [-0.2, -0.15) is 0 Å². The van der Waals surface area contributed by atoms with E-state index >= 15 is 0 Å². The summed E-state index contributed by atoms with van der Waals surface area (Å²) in [4.78, 5) is 24.8. The number of rotatable bonds is 4. The van der Waals surface area contributed by atoms with Crippen molar-refractivity contribution < 1.29 is 19.1 Å². The molecule has 0 saturated heterocycles. The Bertz CT molecular complexity index is 708. The normalized spacial score (nSPS) is 10.6. The fraction of sp³-hybridized carbons (Fsp3) is 0.400. The molecule has 0 saturated carbocycles. The van der Waals surface area contributed by atoms with E-state index in [1.807, 2.05) is 30.3 Å². The van der Waals surface area contributed by atoms with Crippen LogP contribution in [-0.4, -0.2) is 34.2 Å². The molecule has 0 atom stereocenters. The van der Waals surface area contributed by atoms with E-state index in [4.69, 9.17) is 9.47 Å². The summed E-state index contributed by atoms with van der Waals surface area (Å²) in [7, 11) is 0.861. The molecule has 0 aliphatic rings. The molecular formula is C20H24O4Si. The smallest absolute Gasteiger partial charge is 0.325 e. The maximum atomic E-state index is 12.4. The van der Waals surface area contributed by atoms with Gasteiger partial charge in [-0.05, 0) is 12.1 Å². The molecule has 1 aromatic rings. The topological polar surface area (TPSA) is 52.6 Å². The lowest BCUT2D eigenvalue weighted by Crippen LogP contribution is -2.41. The number of ether oxygens (including phenoxy) is 2. The number of carbonyl (C=O) groups is 2. The molecule has 0 unspecified atom stereocenters. The van der Waals surface area contributed by atoms with Crippen molar-refractivity contribution in [2.45, 2.75) is 32.5 Å². The fourth-order valence-corrected chi connectivity index (χ4v) is 2.72. The van der Waals surface area contributed by atoms with Gasteiger partial charge in [-0.15, -0.1) is 11.5 Å². The highest BCUT2D eigenvalue weighted by atomic mass is 28.3. The van der Waals surface area contributed by atoms with Crippen molar-refractivity contribution in [3.63, 3.8) is 0 Å². The van der Waals surface area contributed by atoms with Crippen molar-refractivity contribution in [3.8, 4) is 23.3 Å². The predicted molar refractivity (Wildman–Crippen MR) is 100 cm³/mol. The van der Waals surface area contributed by atoms with Crippen LogP contribution >= 0.6 is 0 Å². The Labute approximate surface area is 150 Å². The molecule has 0 bridgehead atoms. The highest BCUT2D eigenvalue weighted by Crippen LogP contribution is 2.30. The van der Waals surface area contributed by atoms with E-state index in [0.29, 0.717) is 0 Å². The number of carbonyl (C=O) groups excluding carboxylic acids is 2. The molecule has 1 rings (SSSR count). The molecule has 0 fully saturated rings. The molecule has 0 spiro atoms. The molecule has 25 heavy (non-hydrogen) atoms. The minimum Gasteiger partial charge on any atom is -0.468 e. The maximum absolute atomic E-state index is 12.4. The Morgan fingerprint density at radius 1 is 0.960 bits per heavy atom. The van der Waals surface area contributed by atoms with E-state index < -0.39 is 25.4 Å². The summed E-state index contributed by atoms with van der Waals surface area (Å²) in [6.45, 7) is 6.27. The standard InChI is InChI=1S/C20H24O4Si/c1-23-18(21)20(19(22)24-2,15-10-16-25(3,4)5)14-9-13-17-11-7-6-8-12-17/h6-8,11-12H,14-15H2,1-5H3. The van der Waals surface area contributed by atoms with Crippen LogP contribution in [0.5, 0.6) is 0 Å². The van der Waals surface area contributed by atoms with Crippen LogP contribution in [0.4, 0.5) is 0 Å². The van der Waals surface area contributed by atoms with Crippen LogP contribution in [0.2, 0.25) is 19.6 Å². The lowest BCUT2D eigenvalue weighted by molar-refractivity contribution is -0.168. The Kier molecular flexibility index (Phi) is 7.48. The third-order valence-corrected chi connectivity index (χ3v) is 4.33. The summed E-state index contributed by atoms with van der Waals surface area (Å²) in [6.07, 6.45) is 0.0156. The highest BCUT2D eigenvalue weighted by Gasteiger charge is 2.47. The second-order valence-electron chi connectivity index (χ2n) is 6.64. The van der Waals surface area contributed by atoms with Gasteiger partial charge in [0.25, 0.3) is 0 Å². The third kappa shape index (κ3) is 6.13. The average molecular weight is 356 g/mol. The largest absolute Gasteiger partial charge is 0.468 e. The Morgan fingerprint density at radius 3 is 1.96 bits per heavy atom. The van der Waals surface area contributed by atoms with Crippen molar-refractivity contribution >= 4 is 20.0 Å². The monoisotopic (exact) mass is 356 g/mol. The molecule has 0 radical (unpaired) electrons. The zero-order valence-corrected chi connectivity index (χ0v) is 16.4. The first-order valence-electron chi connectivity index (χ1n) is 7.96. The van der Waals surface area contributed by atoms with Crippen molar-refractivity contribution in [2.24, 2.45) is 5.41 Å². The molecule has 0 aromatic heterocycles. The summed E-state index contributed by atoms with van der Waals surface area (Å²) in [6, 6.07) is 9.35. The minimum absolute atomic E-state index is 0.0123. The van der Waals surface area contributed by atoms with E-state index in [9.17, 15) is 9.59 Å². The molecular weight excluding hydrogens is 332 g/mol. The van der Waals surface area contributed by atoms with Crippen LogP contribution in [0.3, 0.4) is 0 Å². The fourth-order valence-electron chi connectivity index (χ4n) is 2.10. The molecule has 0 aliphatic carbocycles. The van der Waals surface area contributed by atoms with E-state index in [0.717, 1.165) is 5.56 Å². The molecule has 1 aromatic carbocycles. The number of esters is 2. The molecule has 4 nitrogen and oxygen atoms in total. The molecule has 132 valence electrons. The zero-order valence-electron chi connectivity index (χ0n) is 15.4. The highest BCUT2D eigenvalue weighted by molar-refractivity contribution is 6.83. The summed E-state index contributed by atoms with van der Waals surface area (Å²) < 4.78 is 9.72. The molecule has 0 heterocycles. The second-order valence-corrected chi connectivity index (χ2v) is 11.4. The number of hydrogen-bond donors (Lipinski definition) is 0. The lowest BCUT2D eigenvalue weighted by Gasteiger charge is -2.24. The summed E-state index contributed by atoms with van der Waals surface area (Å²) >= 11 is 0. The van der Waals surface area contributed by atoms with Crippen LogP contribution in [0, 0.1) is 28.7 Å². The van der Waals surface area contributed by atoms with E-state index in [1.165, 1.54) is 14.2 Å². The maximum Gasteiger partial charge on any atom is 0.325 e. The Balaban J connectivity index is 3.19. The zero-order chi connectivity index (χ0) is 18.9. The first-order valence-corrected chi connectivity index (χ1v) is 11.5. The van der Waals surface area contributed by atoms with E-state index in [-0.39, 0.29) is 12.8 Å². The first kappa shape index (κ1) is 20.5. The molecule has 0 N–H and O–H groups in total. The molecule has 0 amide bonds. The SMILES string of the molecule is COC(=O)C(CC#Cc1ccccc1)(CC#C[Si](C)(C)C)C(=O)OC. The number of methoxy groups -OCH3 is 2. The Morgan fingerprint density at radius 2 is 1.48 bits per heavy atom. The summed E-state index contributed by atoms with van der Waals surface area (Å²) in [5.74, 6) is 7.51. The molecule has 5 heteroatoms. The minimum atomic E-state index is -1.63. The van der Waals surface area contributed by atoms with Gasteiger partial charge >= 0.3 is 11.9 Å². The summed E-state index contributed by atoms with van der Waals surface area (Å²) in [5, 5.41) is 0. The molecule has 0 aliphatic heterocycles. The average Bonchev–Trinajstić information content (AvgIpc) is 2.58. The van der Waals surface area contributed by atoms with E-state index in [2.05, 4.69) is 42.9 Å². The van der Waals surface area contributed by atoms with Gasteiger partial charge in [0.1, 0.15) is 8.07 Å². The summed E-state index contributed by atoms with van der Waals surface area (Å²) in [5.41, 5.74) is 2.44. The van der Waals surface area contributed by atoms with Gasteiger partial charge in [0.05, 0.1) is 14.2 Å². The van der Waals surface area contributed by atoms with Gasteiger partial charge in [0.15, 0.2) is 5.41 Å². The van der Waals surface area contributed by atoms with Gasteiger partial charge in [-0.1, -0.05) is 49.7 Å². The first-order chi connectivity index (χ1) is 11.7. The van der Waals surface area contributed by atoms with Crippen molar-refractivity contribution in [1.82, 2.24) is 0 Å². The third-order valence-electron chi connectivity index (χ3n) is 3.40. The van der Waals surface area contributed by atoms with Crippen molar-refractivity contribution in [2.75, 3.05) is 14.2 Å². The van der Waals surface area contributed by atoms with Gasteiger partial charge in [0, 0.05) is 18.4 Å². The van der Waals surface area contributed by atoms with Gasteiger partial charge in [-0.3, -0.25) is 9.59 Å². The van der Waals surface area contributed by atoms with Crippen LogP contribution in [-0.2, 0) is 19.1 Å². The quantitative estimate of drug-likeness (QED) is 0.360.